The van der Waals surface area contributed by atoms with E-state index in [9.17, 15) is 4.39 Å². The van der Waals surface area contributed by atoms with E-state index < -0.39 is 6.17 Å². The lowest BCUT2D eigenvalue weighted by atomic mass is 10.0. The summed E-state index contributed by atoms with van der Waals surface area (Å²) in [7, 11) is 0. The summed E-state index contributed by atoms with van der Waals surface area (Å²) in [5, 5.41) is 3.08. The third kappa shape index (κ3) is 2.92. The topological polar surface area (TPSA) is 15.3 Å². The van der Waals surface area contributed by atoms with Gasteiger partial charge in [0.25, 0.3) is 0 Å². The molecule has 1 fully saturated rings. The van der Waals surface area contributed by atoms with E-state index in [0.717, 1.165) is 32.5 Å². The first-order chi connectivity index (χ1) is 6.29. The average Bonchev–Trinajstić information content (AvgIpc) is 2.16. The Morgan fingerprint density at radius 3 is 2.77 bits per heavy atom. The van der Waals surface area contributed by atoms with Crippen molar-refractivity contribution >= 4 is 0 Å². The van der Waals surface area contributed by atoms with Gasteiger partial charge in [0.1, 0.15) is 6.17 Å². The van der Waals surface area contributed by atoms with Gasteiger partial charge < -0.3 is 5.32 Å². The molecule has 0 saturated carbocycles. The Bertz CT molecular complexity index is 141. The van der Waals surface area contributed by atoms with Crippen LogP contribution in [0.2, 0.25) is 0 Å². The fraction of sp³-hybridized carbons (Fsp3) is 1.00. The summed E-state index contributed by atoms with van der Waals surface area (Å²) >= 11 is 0. The van der Waals surface area contributed by atoms with Gasteiger partial charge in [0.15, 0.2) is 0 Å². The Kier molecular flexibility index (Phi) is 4.67. The molecule has 0 bridgehead atoms. The molecule has 2 nitrogen and oxygen atoms in total. The van der Waals surface area contributed by atoms with E-state index in [1.165, 1.54) is 0 Å². The van der Waals surface area contributed by atoms with Gasteiger partial charge in [-0.25, -0.2) is 4.39 Å². The van der Waals surface area contributed by atoms with Crippen molar-refractivity contribution in [2.45, 2.75) is 38.9 Å². The zero-order valence-corrected chi connectivity index (χ0v) is 8.72. The highest BCUT2D eigenvalue weighted by atomic mass is 19.1. The van der Waals surface area contributed by atoms with Gasteiger partial charge in [-0.1, -0.05) is 13.8 Å². The second kappa shape index (κ2) is 5.55. The Hall–Kier alpha value is -0.150. The molecule has 1 rings (SSSR count). The smallest absolute Gasteiger partial charge is 0.128 e. The maximum atomic E-state index is 13.5. The van der Waals surface area contributed by atoms with E-state index in [1.807, 2.05) is 0 Å². The summed E-state index contributed by atoms with van der Waals surface area (Å²) in [5.74, 6) is 0. The minimum atomic E-state index is -0.680. The van der Waals surface area contributed by atoms with Crippen LogP contribution in [0.1, 0.15) is 26.7 Å². The van der Waals surface area contributed by atoms with Crippen LogP contribution in [0, 0.1) is 0 Å². The predicted molar refractivity (Wildman–Crippen MR) is 53.7 cm³/mol. The van der Waals surface area contributed by atoms with Gasteiger partial charge in [0.05, 0.1) is 0 Å². The van der Waals surface area contributed by atoms with Crippen LogP contribution in [0.5, 0.6) is 0 Å². The molecular weight excluding hydrogens is 167 g/mol. The quantitative estimate of drug-likeness (QED) is 0.718. The molecule has 0 aliphatic carbocycles. The number of alkyl halides is 1. The Balaban J connectivity index is 2.44. The van der Waals surface area contributed by atoms with Crippen LogP contribution < -0.4 is 5.32 Å². The first-order valence-corrected chi connectivity index (χ1v) is 5.38. The molecule has 1 N–H and O–H groups in total. The summed E-state index contributed by atoms with van der Waals surface area (Å²) in [4.78, 5) is 2.27. The zero-order valence-electron chi connectivity index (χ0n) is 8.72. The Labute approximate surface area is 80.5 Å². The van der Waals surface area contributed by atoms with E-state index in [0.29, 0.717) is 6.54 Å². The minimum Gasteiger partial charge on any atom is -0.314 e. The van der Waals surface area contributed by atoms with Crippen LogP contribution in [0.15, 0.2) is 0 Å². The van der Waals surface area contributed by atoms with E-state index in [-0.39, 0.29) is 6.04 Å². The maximum absolute atomic E-state index is 13.5. The first-order valence-electron chi connectivity index (χ1n) is 5.38. The van der Waals surface area contributed by atoms with Crippen LogP contribution in [0.4, 0.5) is 4.39 Å². The number of nitrogens with zero attached hydrogens (tertiary/aromatic N) is 1. The van der Waals surface area contributed by atoms with Gasteiger partial charge in [-0.15, -0.1) is 0 Å². The second-order valence-corrected chi connectivity index (χ2v) is 3.70. The fourth-order valence-corrected chi connectivity index (χ4v) is 2.06. The SMILES string of the molecule is CCCN(CC)C1CCNCC1F. The Morgan fingerprint density at radius 1 is 1.46 bits per heavy atom. The molecule has 0 radical (unpaired) electrons. The van der Waals surface area contributed by atoms with E-state index >= 15 is 0 Å². The third-order valence-electron chi connectivity index (χ3n) is 2.76. The van der Waals surface area contributed by atoms with Crippen molar-refractivity contribution < 1.29 is 4.39 Å². The number of rotatable bonds is 4. The monoisotopic (exact) mass is 188 g/mol. The molecule has 3 heteroatoms. The third-order valence-corrected chi connectivity index (χ3v) is 2.76. The number of halogens is 1. The molecule has 13 heavy (non-hydrogen) atoms. The van der Waals surface area contributed by atoms with Crippen molar-refractivity contribution in [2.24, 2.45) is 0 Å². The van der Waals surface area contributed by atoms with Crippen molar-refractivity contribution in [2.75, 3.05) is 26.2 Å². The van der Waals surface area contributed by atoms with E-state index in [4.69, 9.17) is 0 Å². The molecule has 1 aliphatic rings. The summed E-state index contributed by atoms with van der Waals surface area (Å²) in [6.45, 7) is 7.76. The molecule has 78 valence electrons. The Morgan fingerprint density at radius 2 is 2.23 bits per heavy atom. The van der Waals surface area contributed by atoms with Crippen LogP contribution >= 0.6 is 0 Å². The molecule has 1 aliphatic heterocycles. The molecule has 2 unspecified atom stereocenters. The lowest BCUT2D eigenvalue weighted by Gasteiger charge is -2.36. The second-order valence-electron chi connectivity index (χ2n) is 3.70. The normalized spacial score (nSPS) is 29.5. The molecular formula is C10H21FN2. The number of hydrogen-bond donors (Lipinski definition) is 1. The molecule has 2 atom stereocenters. The standard InChI is InChI=1S/C10H21FN2/c1-3-7-13(4-2)10-5-6-12-8-9(10)11/h9-10,12H,3-8H2,1-2H3. The highest BCUT2D eigenvalue weighted by molar-refractivity contribution is 4.85. The van der Waals surface area contributed by atoms with Crippen molar-refractivity contribution in [1.29, 1.82) is 0 Å². The fourth-order valence-electron chi connectivity index (χ4n) is 2.06. The van der Waals surface area contributed by atoms with Crippen LogP contribution in [-0.2, 0) is 0 Å². The van der Waals surface area contributed by atoms with Crippen molar-refractivity contribution in [3.8, 4) is 0 Å². The van der Waals surface area contributed by atoms with Gasteiger partial charge >= 0.3 is 0 Å². The van der Waals surface area contributed by atoms with Crippen LogP contribution in [0.25, 0.3) is 0 Å². The van der Waals surface area contributed by atoms with Crippen LogP contribution in [-0.4, -0.2) is 43.3 Å². The lowest BCUT2D eigenvalue weighted by Crippen LogP contribution is -2.51. The lowest BCUT2D eigenvalue weighted by molar-refractivity contribution is 0.0886. The molecule has 0 aromatic heterocycles. The van der Waals surface area contributed by atoms with Crippen LogP contribution in [0.3, 0.4) is 0 Å². The highest BCUT2D eigenvalue weighted by Gasteiger charge is 2.28. The summed E-state index contributed by atoms with van der Waals surface area (Å²) < 4.78 is 13.5. The van der Waals surface area contributed by atoms with Crippen molar-refractivity contribution in [1.82, 2.24) is 10.2 Å². The molecule has 1 saturated heterocycles. The maximum Gasteiger partial charge on any atom is 0.128 e. The number of nitrogens with one attached hydrogen (secondary N) is 1. The summed E-state index contributed by atoms with van der Waals surface area (Å²) in [6.07, 6.45) is 1.39. The molecule has 0 aromatic carbocycles. The van der Waals surface area contributed by atoms with Gasteiger partial charge in [-0.05, 0) is 32.5 Å². The largest absolute Gasteiger partial charge is 0.314 e. The van der Waals surface area contributed by atoms with Crippen molar-refractivity contribution in [3.63, 3.8) is 0 Å². The molecule has 0 spiro atoms. The van der Waals surface area contributed by atoms with E-state index in [2.05, 4.69) is 24.1 Å². The average molecular weight is 188 g/mol. The first kappa shape index (κ1) is 10.9. The predicted octanol–water partition coefficient (Wildman–Crippen LogP) is 1.42. The van der Waals surface area contributed by atoms with Gasteiger partial charge in [-0.2, -0.15) is 0 Å². The number of hydrogen-bond acceptors (Lipinski definition) is 2. The van der Waals surface area contributed by atoms with Gasteiger partial charge in [-0.3, -0.25) is 4.90 Å². The minimum absolute atomic E-state index is 0.159. The van der Waals surface area contributed by atoms with Gasteiger partial charge in [0, 0.05) is 12.6 Å². The molecule has 0 aromatic rings. The van der Waals surface area contributed by atoms with Gasteiger partial charge in [0.2, 0.25) is 0 Å². The molecule has 1 heterocycles. The molecule has 0 amide bonds. The summed E-state index contributed by atoms with van der Waals surface area (Å²) in [6, 6.07) is 0.159. The van der Waals surface area contributed by atoms with E-state index in [1.54, 1.807) is 0 Å². The zero-order chi connectivity index (χ0) is 9.68. The van der Waals surface area contributed by atoms with Crippen molar-refractivity contribution in [3.05, 3.63) is 0 Å². The summed E-state index contributed by atoms with van der Waals surface area (Å²) in [5.41, 5.74) is 0. The highest BCUT2D eigenvalue weighted by Crippen LogP contribution is 2.15. The number of piperidine rings is 1.